The van der Waals surface area contributed by atoms with E-state index in [4.69, 9.17) is 9.15 Å². The molecule has 142 valence electrons. The molecule has 28 heavy (non-hydrogen) atoms. The quantitative estimate of drug-likeness (QED) is 0.351. The van der Waals surface area contributed by atoms with Crippen molar-refractivity contribution in [3.8, 4) is 16.3 Å². The van der Waals surface area contributed by atoms with Gasteiger partial charge in [-0.1, -0.05) is 26.0 Å². The molecule has 0 amide bonds. The van der Waals surface area contributed by atoms with E-state index in [2.05, 4.69) is 4.98 Å². The second-order valence-corrected chi connectivity index (χ2v) is 8.02. The molecule has 0 atom stereocenters. The van der Waals surface area contributed by atoms with Crippen LogP contribution in [-0.4, -0.2) is 11.0 Å². The molecule has 4 rings (SSSR count). The molecular weight excluding hydrogens is 374 g/mol. The molecule has 0 radical (unpaired) electrons. The number of para-hydroxylation sites is 1. The van der Waals surface area contributed by atoms with E-state index in [1.807, 2.05) is 24.3 Å². The molecule has 2 aromatic carbocycles. The minimum Gasteiger partial charge on any atom is -0.460 e. The van der Waals surface area contributed by atoms with Crippen molar-refractivity contribution < 1.29 is 13.9 Å². The Labute approximate surface area is 165 Å². The Hall–Kier alpha value is -2.99. The lowest BCUT2D eigenvalue weighted by molar-refractivity contribution is -0.137. The van der Waals surface area contributed by atoms with Crippen LogP contribution in [0.5, 0.6) is 5.75 Å². The summed E-state index contributed by atoms with van der Waals surface area (Å²) in [7, 11) is 0. The third-order valence-electron chi connectivity index (χ3n) is 4.62. The molecule has 5 nitrogen and oxygen atoms in total. The van der Waals surface area contributed by atoms with E-state index in [9.17, 15) is 9.59 Å². The summed E-state index contributed by atoms with van der Waals surface area (Å²) in [5.74, 6) is 0.325. The Morgan fingerprint density at radius 2 is 1.89 bits per heavy atom. The van der Waals surface area contributed by atoms with Crippen molar-refractivity contribution in [2.24, 2.45) is 5.92 Å². The first-order valence-electron chi connectivity index (χ1n) is 9.01. The Morgan fingerprint density at radius 3 is 2.61 bits per heavy atom. The van der Waals surface area contributed by atoms with Crippen LogP contribution in [0.2, 0.25) is 0 Å². The number of aromatic nitrogens is 1. The summed E-state index contributed by atoms with van der Waals surface area (Å²) in [4.78, 5) is 29.8. The molecule has 4 aromatic rings. The van der Waals surface area contributed by atoms with Gasteiger partial charge in [-0.3, -0.25) is 9.59 Å². The average molecular weight is 393 g/mol. The zero-order chi connectivity index (χ0) is 20.0. The van der Waals surface area contributed by atoms with Crippen LogP contribution >= 0.6 is 11.3 Å². The summed E-state index contributed by atoms with van der Waals surface area (Å²) in [5, 5.41) is 1.09. The number of benzene rings is 2. The minimum atomic E-state index is -0.326. The summed E-state index contributed by atoms with van der Waals surface area (Å²) in [6, 6.07) is 11.1. The maximum absolute atomic E-state index is 13.2. The van der Waals surface area contributed by atoms with Gasteiger partial charge in [-0.05, 0) is 38.1 Å². The molecule has 6 heteroatoms. The number of nitrogens with zero attached hydrogens (tertiary/aromatic N) is 1. The van der Waals surface area contributed by atoms with Crippen LogP contribution in [0.25, 0.3) is 31.8 Å². The Bertz CT molecular complexity index is 1250. The molecular formula is C22H19NO4S. The van der Waals surface area contributed by atoms with Gasteiger partial charge in [0.2, 0.25) is 5.43 Å². The maximum atomic E-state index is 13.2. The minimum absolute atomic E-state index is 0.136. The summed E-state index contributed by atoms with van der Waals surface area (Å²) in [6.07, 6.45) is 0. The van der Waals surface area contributed by atoms with E-state index in [-0.39, 0.29) is 17.3 Å². The zero-order valence-electron chi connectivity index (χ0n) is 16.0. The van der Waals surface area contributed by atoms with Crippen molar-refractivity contribution >= 4 is 38.5 Å². The van der Waals surface area contributed by atoms with Gasteiger partial charge in [-0.25, -0.2) is 4.98 Å². The number of hydrogen-bond donors (Lipinski definition) is 0. The standard InChI is InChI=1S/C22H19NO4S/c1-11(2)22(25)27-16-10-9-14-19(24)18(13(4)26-20(14)12(16)3)21-23-15-7-5-6-8-17(15)28-21/h5-11H,1-4H3. The summed E-state index contributed by atoms with van der Waals surface area (Å²) in [6.45, 7) is 7.08. The van der Waals surface area contributed by atoms with Crippen molar-refractivity contribution in [2.75, 3.05) is 0 Å². The molecule has 0 saturated carbocycles. The molecule has 0 spiro atoms. The van der Waals surface area contributed by atoms with Crippen molar-refractivity contribution in [1.82, 2.24) is 4.98 Å². The molecule has 0 aliphatic carbocycles. The fourth-order valence-electron chi connectivity index (χ4n) is 3.05. The number of fused-ring (bicyclic) bond motifs is 2. The largest absolute Gasteiger partial charge is 0.460 e. The summed E-state index contributed by atoms with van der Waals surface area (Å²) < 4.78 is 12.5. The first-order chi connectivity index (χ1) is 13.4. The van der Waals surface area contributed by atoms with Gasteiger partial charge in [-0.15, -0.1) is 11.3 Å². The number of hydrogen-bond acceptors (Lipinski definition) is 6. The summed E-state index contributed by atoms with van der Waals surface area (Å²) >= 11 is 1.47. The van der Waals surface area contributed by atoms with Gasteiger partial charge < -0.3 is 9.15 Å². The molecule has 0 aliphatic heterocycles. The highest BCUT2D eigenvalue weighted by Crippen LogP contribution is 2.33. The third-order valence-corrected chi connectivity index (χ3v) is 5.68. The monoisotopic (exact) mass is 393 g/mol. The number of thiazole rings is 1. The first kappa shape index (κ1) is 18.4. The van der Waals surface area contributed by atoms with E-state index >= 15 is 0 Å². The molecule has 0 bridgehead atoms. The highest BCUT2D eigenvalue weighted by molar-refractivity contribution is 7.21. The number of ether oxygens (including phenoxy) is 1. The highest BCUT2D eigenvalue weighted by Gasteiger charge is 2.20. The molecule has 2 aromatic heterocycles. The van der Waals surface area contributed by atoms with Gasteiger partial charge in [0.05, 0.1) is 27.1 Å². The van der Waals surface area contributed by atoms with E-state index < -0.39 is 0 Å². The topological polar surface area (TPSA) is 69.4 Å². The van der Waals surface area contributed by atoms with Gasteiger partial charge in [0.25, 0.3) is 0 Å². The molecule has 2 heterocycles. The van der Waals surface area contributed by atoms with E-state index in [1.165, 1.54) is 11.3 Å². The molecule has 0 unspecified atom stereocenters. The Balaban J connectivity index is 1.89. The van der Waals surface area contributed by atoms with Crippen molar-refractivity contribution in [3.63, 3.8) is 0 Å². The lowest BCUT2D eigenvalue weighted by Crippen LogP contribution is -2.16. The fraction of sp³-hybridized carbons (Fsp3) is 0.227. The predicted molar refractivity (Wildman–Crippen MR) is 111 cm³/mol. The second-order valence-electron chi connectivity index (χ2n) is 6.99. The Morgan fingerprint density at radius 1 is 1.14 bits per heavy atom. The van der Waals surface area contributed by atoms with E-state index in [0.717, 1.165) is 10.2 Å². The number of rotatable bonds is 3. The van der Waals surface area contributed by atoms with Crippen molar-refractivity contribution in [1.29, 1.82) is 0 Å². The fourth-order valence-corrected chi connectivity index (χ4v) is 4.10. The molecule has 0 fully saturated rings. The Kier molecular flexibility index (Phi) is 4.51. The molecule has 0 N–H and O–H groups in total. The van der Waals surface area contributed by atoms with Crippen LogP contribution in [0.4, 0.5) is 0 Å². The van der Waals surface area contributed by atoms with Gasteiger partial charge in [0.1, 0.15) is 22.1 Å². The van der Waals surface area contributed by atoms with Gasteiger partial charge in [-0.2, -0.15) is 0 Å². The normalized spacial score (nSPS) is 11.5. The number of carbonyl (C=O) groups is 1. The van der Waals surface area contributed by atoms with Gasteiger partial charge >= 0.3 is 5.97 Å². The van der Waals surface area contributed by atoms with Crippen LogP contribution < -0.4 is 10.2 Å². The highest BCUT2D eigenvalue weighted by atomic mass is 32.1. The van der Waals surface area contributed by atoms with Crippen molar-refractivity contribution in [2.45, 2.75) is 27.7 Å². The average Bonchev–Trinajstić information content (AvgIpc) is 3.07. The second kappa shape index (κ2) is 6.87. The van der Waals surface area contributed by atoms with Crippen LogP contribution in [0.3, 0.4) is 0 Å². The van der Waals surface area contributed by atoms with Gasteiger partial charge in [0.15, 0.2) is 0 Å². The van der Waals surface area contributed by atoms with Crippen LogP contribution in [-0.2, 0) is 4.79 Å². The third kappa shape index (κ3) is 2.99. The summed E-state index contributed by atoms with van der Waals surface area (Å²) in [5.41, 5.74) is 2.25. The lowest BCUT2D eigenvalue weighted by atomic mass is 10.1. The first-order valence-corrected chi connectivity index (χ1v) is 9.83. The molecule has 0 saturated heterocycles. The zero-order valence-corrected chi connectivity index (χ0v) is 16.8. The SMILES string of the molecule is Cc1oc2c(C)c(OC(=O)C(C)C)ccc2c(=O)c1-c1nc2ccccc2s1. The number of aryl methyl sites for hydroxylation is 2. The molecule has 0 aliphatic rings. The maximum Gasteiger partial charge on any atom is 0.313 e. The van der Waals surface area contributed by atoms with Crippen LogP contribution in [0, 0.1) is 19.8 Å². The smallest absolute Gasteiger partial charge is 0.313 e. The van der Waals surface area contributed by atoms with E-state index in [1.54, 1.807) is 39.8 Å². The van der Waals surface area contributed by atoms with Crippen molar-refractivity contribution in [3.05, 3.63) is 57.9 Å². The van der Waals surface area contributed by atoms with Crippen LogP contribution in [0.15, 0.2) is 45.6 Å². The van der Waals surface area contributed by atoms with E-state index in [0.29, 0.717) is 38.6 Å². The predicted octanol–water partition coefficient (Wildman–Crippen LogP) is 5.25. The van der Waals surface area contributed by atoms with Gasteiger partial charge in [0, 0.05) is 5.56 Å². The lowest BCUT2D eigenvalue weighted by Gasteiger charge is -2.12. The van der Waals surface area contributed by atoms with Crippen LogP contribution in [0.1, 0.15) is 25.2 Å². The number of carbonyl (C=O) groups excluding carboxylic acids is 1. The number of esters is 1.